The third-order valence-electron chi connectivity index (χ3n) is 11.1. The molecule has 11 aromatic rings. The monoisotopic (exact) mass is 796 g/mol. The largest absolute Gasteiger partial charge is 0.228 e. The molecule has 0 atom stereocenters. The first-order chi connectivity index (χ1) is 30.2. The molecule has 0 fully saturated rings. The number of aromatic nitrogens is 4. The lowest BCUT2D eigenvalue weighted by molar-refractivity contribution is 1.18. The van der Waals surface area contributed by atoms with Gasteiger partial charge in [0.05, 0.1) is 27.3 Å². The van der Waals surface area contributed by atoms with Crippen molar-refractivity contribution in [2.24, 2.45) is 0 Å². The zero-order chi connectivity index (χ0) is 40.5. The van der Waals surface area contributed by atoms with Crippen LogP contribution in [0.25, 0.3) is 110 Å². The van der Waals surface area contributed by atoms with Crippen LogP contribution in [0.5, 0.6) is 0 Å². The van der Waals surface area contributed by atoms with Crippen molar-refractivity contribution in [1.82, 2.24) is 19.9 Å². The molecule has 11 rings (SSSR count). The summed E-state index contributed by atoms with van der Waals surface area (Å²) < 4.78 is 2.30. The maximum atomic E-state index is 5.23. The van der Waals surface area contributed by atoms with Crippen LogP contribution in [0, 0.1) is 0 Å². The fraction of sp³-hybridized carbons (Fsp3) is 0. The Bertz CT molecular complexity index is 3300. The lowest BCUT2D eigenvalue weighted by Gasteiger charge is -2.12. The third-order valence-corrected chi connectivity index (χ3v) is 12.3. The molecule has 0 aliphatic rings. The molecule has 286 valence electrons. The topological polar surface area (TPSA) is 51.6 Å². The number of thiophene rings is 1. The van der Waals surface area contributed by atoms with E-state index >= 15 is 0 Å². The molecule has 3 aromatic heterocycles. The quantitative estimate of drug-likeness (QED) is 0.154. The second kappa shape index (κ2) is 15.7. The smallest absolute Gasteiger partial charge is 0.160 e. The van der Waals surface area contributed by atoms with Crippen LogP contribution in [-0.2, 0) is 0 Å². The van der Waals surface area contributed by atoms with Crippen molar-refractivity contribution < 1.29 is 0 Å². The molecule has 4 nitrogen and oxygen atoms in total. The Balaban J connectivity index is 0.941. The van der Waals surface area contributed by atoms with Gasteiger partial charge in [-0.05, 0) is 69.8 Å². The van der Waals surface area contributed by atoms with E-state index in [0.717, 1.165) is 99.7 Å². The van der Waals surface area contributed by atoms with Gasteiger partial charge in [0.1, 0.15) is 0 Å². The standard InChI is InChI=1S/C56H36N4S/c1-4-16-37(17-5-1)49-36-50(38-18-6-2-7-19-38)58-56(57-49)47-29-15-27-45(35-47)43-25-13-23-41(33-43)40-22-12-24-42(32-40)44-26-14-28-46(34-44)52-54-53(48-30-10-11-31-51(48)61-54)60-55(59-52)39-20-8-3-9-21-39/h1-36H. The van der Waals surface area contributed by atoms with E-state index in [2.05, 4.69) is 164 Å². The normalized spacial score (nSPS) is 11.3. The summed E-state index contributed by atoms with van der Waals surface area (Å²) >= 11 is 1.75. The number of hydrogen-bond donors (Lipinski definition) is 0. The van der Waals surface area contributed by atoms with E-state index in [-0.39, 0.29) is 0 Å². The van der Waals surface area contributed by atoms with Gasteiger partial charge in [-0.15, -0.1) is 11.3 Å². The minimum atomic E-state index is 0.694. The van der Waals surface area contributed by atoms with E-state index in [1.807, 2.05) is 54.6 Å². The lowest BCUT2D eigenvalue weighted by atomic mass is 9.95. The lowest BCUT2D eigenvalue weighted by Crippen LogP contribution is -1.96. The van der Waals surface area contributed by atoms with Crippen LogP contribution in [0.1, 0.15) is 0 Å². The van der Waals surface area contributed by atoms with Crippen molar-refractivity contribution >= 4 is 31.6 Å². The van der Waals surface area contributed by atoms with Crippen molar-refractivity contribution in [2.45, 2.75) is 0 Å². The Labute approximate surface area is 358 Å². The molecule has 3 heterocycles. The highest BCUT2D eigenvalue weighted by atomic mass is 32.1. The molecule has 0 amide bonds. The van der Waals surface area contributed by atoms with Gasteiger partial charge in [-0.3, -0.25) is 0 Å². The van der Waals surface area contributed by atoms with E-state index in [0.29, 0.717) is 5.82 Å². The van der Waals surface area contributed by atoms with Crippen molar-refractivity contribution in [3.05, 3.63) is 218 Å². The Kier molecular flexibility index (Phi) is 9.34. The summed E-state index contributed by atoms with van der Waals surface area (Å²) in [7, 11) is 0. The predicted octanol–water partition coefficient (Wildman–Crippen LogP) is 15.0. The summed E-state index contributed by atoms with van der Waals surface area (Å²) in [4.78, 5) is 20.5. The molecule has 0 spiro atoms. The molecular weight excluding hydrogens is 761 g/mol. The molecule has 0 radical (unpaired) electrons. The fourth-order valence-electron chi connectivity index (χ4n) is 8.03. The van der Waals surface area contributed by atoms with Gasteiger partial charge in [0.2, 0.25) is 0 Å². The van der Waals surface area contributed by atoms with E-state index in [1.54, 1.807) is 11.3 Å². The van der Waals surface area contributed by atoms with Gasteiger partial charge in [-0.2, -0.15) is 0 Å². The summed E-state index contributed by atoms with van der Waals surface area (Å²) in [6.45, 7) is 0. The van der Waals surface area contributed by atoms with Crippen LogP contribution < -0.4 is 0 Å². The summed E-state index contributed by atoms with van der Waals surface area (Å²) in [5.41, 5.74) is 15.7. The van der Waals surface area contributed by atoms with E-state index in [4.69, 9.17) is 19.9 Å². The zero-order valence-electron chi connectivity index (χ0n) is 33.0. The van der Waals surface area contributed by atoms with Gasteiger partial charge >= 0.3 is 0 Å². The minimum Gasteiger partial charge on any atom is -0.228 e. The first-order valence-electron chi connectivity index (χ1n) is 20.4. The molecule has 5 heteroatoms. The average molecular weight is 797 g/mol. The van der Waals surface area contributed by atoms with Crippen LogP contribution in [0.2, 0.25) is 0 Å². The number of benzene rings is 8. The Morgan fingerprint density at radius 3 is 1.21 bits per heavy atom. The van der Waals surface area contributed by atoms with Crippen LogP contribution in [0.15, 0.2) is 218 Å². The zero-order valence-corrected chi connectivity index (χ0v) is 33.8. The highest BCUT2D eigenvalue weighted by Gasteiger charge is 2.18. The van der Waals surface area contributed by atoms with E-state index < -0.39 is 0 Å². The maximum Gasteiger partial charge on any atom is 0.160 e. The first kappa shape index (κ1) is 36.2. The fourth-order valence-corrected chi connectivity index (χ4v) is 9.19. The van der Waals surface area contributed by atoms with Gasteiger partial charge in [0.25, 0.3) is 0 Å². The van der Waals surface area contributed by atoms with Crippen molar-refractivity contribution in [3.8, 4) is 89.9 Å². The average Bonchev–Trinajstić information content (AvgIpc) is 3.73. The molecule has 8 aromatic carbocycles. The second-order valence-corrected chi connectivity index (χ2v) is 16.1. The van der Waals surface area contributed by atoms with Gasteiger partial charge in [0, 0.05) is 37.9 Å². The molecule has 0 aliphatic heterocycles. The van der Waals surface area contributed by atoms with Gasteiger partial charge in [-0.25, -0.2) is 19.9 Å². The number of nitrogens with zero attached hydrogens (tertiary/aromatic N) is 4. The summed E-state index contributed by atoms with van der Waals surface area (Å²) in [6.07, 6.45) is 0. The third kappa shape index (κ3) is 7.18. The van der Waals surface area contributed by atoms with Crippen LogP contribution in [-0.4, -0.2) is 19.9 Å². The van der Waals surface area contributed by atoms with E-state index in [9.17, 15) is 0 Å². The molecule has 0 aliphatic carbocycles. The SMILES string of the molecule is c1ccc(-c2cc(-c3ccccc3)nc(-c3cccc(-c4cccc(-c5cccc(-c6cccc(-c7nc(-c8ccccc8)nc8c7sc7ccccc78)c6)c5)c4)c3)n2)cc1. The highest BCUT2D eigenvalue weighted by Crippen LogP contribution is 2.41. The van der Waals surface area contributed by atoms with Crippen LogP contribution >= 0.6 is 11.3 Å². The summed E-state index contributed by atoms with van der Waals surface area (Å²) in [5.74, 6) is 1.43. The van der Waals surface area contributed by atoms with Crippen molar-refractivity contribution in [2.75, 3.05) is 0 Å². The molecule has 0 saturated carbocycles. The van der Waals surface area contributed by atoms with Crippen molar-refractivity contribution in [1.29, 1.82) is 0 Å². The maximum absolute atomic E-state index is 5.23. The van der Waals surface area contributed by atoms with Gasteiger partial charge < -0.3 is 0 Å². The Morgan fingerprint density at radius 2 is 0.672 bits per heavy atom. The number of fused-ring (bicyclic) bond motifs is 3. The molecule has 61 heavy (non-hydrogen) atoms. The highest BCUT2D eigenvalue weighted by molar-refractivity contribution is 7.26. The van der Waals surface area contributed by atoms with Crippen LogP contribution in [0.3, 0.4) is 0 Å². The molecule has 0 bridgehead atoms. The van der Waals surface area contributed by atoms with E-state index in [1.165, 1.54) is 4.70 Å². The summed E-state index contributed by atoms with van der Waals surface area (Å²) in [6, 6.07) is 76.3. The number of hydrogen-bond acceptors (Lipinski definition) is 5. The van der Waals surface area contributed by atoms with Gasteiger partial charge in [-0.1, -0.05) is 182 Å². The molecule has 0 unspecified atom stereocenters. The van der Waals surface area contributed by atoms with Gasteiger partial charge in [0.15, 0.2) is 11.6 Å². The minimum absolute atomic E-state index is 0.694. The molecular formula is C56H36N4S. The Hall–Kier alpha value is -7.86. The Morgan fingerprint density at radius 1 is 0.279 bits per heavy atom. The number of rotatable bonds is 8. The predicted molar refractivity (Wildman–Crippen MR) is 254 cm³/mol. The second-order valence-electron chi connectivity index (χ2n) is 15.1. The van der Waals surface area contributed by atoms with Crippen LogP contribution in [0.4, 0.5) is 0 Å². The first-order valence-corrected chi connectivity index (χ1v) is 21.2. The summed E-state index contributed by atoms with van der Waals surface area (Å²) in [5, 5.41) is 1.16. The van der Waals surface area contributed by atoms with Crippen molar-refractivity contribution in [3.63, 3.8) is 0 Å². The molecule has 0 N–H and O–H groups in total. The molecule has 0 saturated heterocycles.